The van der Waals surface area contributed by atoms with Crippen molar-refractivity contribution in [2.45, 2.75) is 43.5 Å². The fourth-order valence-electron chi connectivity index (χ4n) is 2.68. The van der Waals surface area contributed by atoms with E-state index in [1.165, 1.54) is 21.2 Å². The molecule has 3 heterocycles. The summed E-state index contributed by atoms with van der Waals surface area (Å²) in [6.07, 6.45) is 3.09. The molecule has 8 nitrogen and oxygen atoms in total. The Morgan fingerprint density at radius 1 is 1.41 bits per heavy atom. The van der Waals surface area contributed by atoms with E-state index in [0.29, 0.717) is 24.7 Å². The third kappa shape index (κ3) is 3.25. The molecule has 120 valence electrons. The lowest BCUT2D eigenvalue weighted by Gasteiger charge is -2.13. The van der Waals surface area contributed by atoms with Crippen molar-refractivity contribution in [3.63, 3.8) is 0 Å². The molecule has 2 fully saturated rings. The number of carbonyl (C=O) groups excluding carboxylic acids is 2. The largest absolute Gasteiger partial charge is 0.376 e. The van der Waals surface area contributed by atoms with Crippen LogP contribution in [0.4, 0.5) is 0 Å². The third-order valence-electron chi connectivity index (χ3n) is 3.83. The summed E-state index contributed by atoms with van der Waals surface area (Å²) < 4.78 is 7.03. The lowest BCUT2D eigenvalue weighted by molar-refractivity contribution is -0.140. The van der Waals surface area contributed by atoms with Crippen LogP contribution in [-0.4, -0.2) is 56.5 Å². The minimum Gasteiger partial charge on any atom is -0.376 e. The van der Waals surface area contributed by atoms with Crippen LogP contribution in [0, 0.1) is 0 Å². The lowest BCUT2D eigenvalue weighted by atomic mass is 10.2. The van der Waals surface area contributed by atoms with Gasteiger partial charge in [0.2, 0.25) is 11.8 Å². The molecule has 1 aromatic heterocycles. The maximum atomic E-state index is 12.0. The van der Waals surface area contributed by atoms with Crippen LogP contribution in [0.25, 0.3) is 0 Å². The molecule has 1 atom stereocenters. The van der Waals surface area contributed by atoms with E-state index < -0.39 is 0 Å². The average molecular weight is 326 g/mol. The van der Waals surface area contributed by atoms with Crippen LogP contribution in [0.3, 0.4) is 0 Å². The second-order valence-corrected chi connectivity index (χ2v) is 6.33. The van der Waals surface area contributed by atoms with Crippen LogP contribution in [-0.2, 0) is 20.9 Å². The number of thioether (sulfide) groups is 1. The van der Waals surface area contributed by atoms with Crippen molar-refractivity contribution in [3.8, 4) is 0 Å². The number of aromatic nitrogens is 3. The molecule has 2 amide bonds. The molecule has 0 unspecified atom stereocenters. The number of hydrogen-bond donors (Lipinski definition) is 1. The number of H-pyrrole nitrogens is 1. The van der Waals surface area contributed by atoms with Gasteiger partial charge in [-0.3, -0.25) is 19.1 Å². The Labute approximate surface area is 131 Å². The maximum absolute atomic E-state index is 12.0. The van der Waals surface area contributed by atoms with E-state index in [-0.39, 0.29) is 29.4 Å². The first-order valence-corrected chi connectivity index (χ1v) is 8.36. The van der Waals surface area contributed by atoms with Crippen LogP contribution in [0.2, 0.25) is 0 Å². The summed E-state index contributed by atoms with van der Waals surface area (Å²) in [6, 6.07) is 0. The van der Waals surface area contributed by atoms with E-state index >= 15 is 0 Å². The third-order valence-corrected chi connectivity index (χ3v) is 4.79. The van der Waals surface area contributed by atoms with Gasteiger partial charge < -0.3 is 4.74 Å². The van der Waals surface area contributed by atoms with E-state index in [1.54, 1.807) is 0 Å². The van der Waals surface area contributed by atoms with E-state index in [0.717, 1.165) is 25.9 Å². The number of nitrogens with zero attached hydrogens (tertiary/aromatic N) is 3. The fraction of sp³-hybridized carbons (Fsp3) is 0.692. The molecule has 2 aliphatic heterocycles. The van der Waals surface area contributed by atoms with Gasteiger partial charge in [0.15, 0.2) is 5.16 Å². The quantitative estimate of drug-likeness (QED) is 0.765. The summed E-state index contributed by atoms with van der Waals surface area (Å²) in [6.45, 7) is 1.64. The highest BCUT2D eigenvalue weighted by Gasteiger charge is 2.27. The molecule has 2 saturated heterocycles. The van der Waals surface area contributed by atoms with Crippen LogP contribution >= 0.6 is 11.8 Å². The highest BCUT2D eigenvalue weighted by atomic mass is 32.2. The molecule has 3 rings (SSSR count). The zero-order valence-electron chi connectivity index (χ0n) is 12.1. The van der Waals surface area contributed by atoms with Crippen LogP contribution < -0.4 is 5.69 Å². The van der Waals surface area contributed by atoms with Gasteiger partial charge in [0.05, 0.1) is 18.4 Å². The van der Waals surface area contributed by atoms with Gasteiger partial charge in [-0.05, 0) is 19.3 Å². The first-order valence-electron chi connectivity index (χ1n) is 7.38. The number of nitrogens with one attached hydrogen (secondary N) is 1. The number of rotatable bonds is 5. The predicted molar refractivity (Wildman–Crippen MR) is 78.5 cm³/mol. The van der Waals surface area contributed by atoms with Crippen LogP contribution in [0.15, 0.2) is 9.95 Å². The summed E-state index contributed by atoms with van der Waals surface area (Å²) in [4.78, 5) is 36.6. The van der Waals surface area contributed by atoms with Crippen molar-refractivity contribution < 1.29 is 14.3 Å². The summed E-state index contributed by atoms with van der Waals surface area (Å²) >= 11 is 1.17. The summed E-state index contributed by atoms with van der Waals surface area (Å²) in [5.41, 5.74) is -0.303. The topological polar surface area (TPSA) is 97.3 Å². The van der Waals surface area contributed by atoms with Gasteiger partial charge in [-0.1, -0.05) is 11.8 Å². The number of ether oxygens (including phenoxy) is 1. The van der Waals surface area contributed by atoms with Gasteiger partial charge in [-0.15, -0.1) is 5.10 Å². The molecule has 0 aliphatic carbocycles. The van der Waals surface area contributed by atoms with Gasteiger partial charge in [0.1, 0.15) is 0 Å². The predicted octanol–water partition coefficient (Wildman–Crippen LogP) is -0.00850. The Balaban J connectivity index is 1.61. The van der Waals surface area contributed by atoms with Crippen molar-refractivity contribution in [1.29, 1.82) is 0 Å². The smallest absolute Gasteiger partial charge is 0.344 e. The van der Waals surface area contributed by atoms with Gasteiger partial charge >= 0.3 is 5.69 Å². The first kappa shape index (κ1) is 15.3. The van der Waals surface area contributed by atoms with Crippen LogP contribution in [0.1, 0.15) is 25.7 Å². The number of hydrogen-bond acceptors (Lipinski definition) is 6. The Hall–Kier alpha value is -1.61. The number of carbonyl (C=O) groups is 2. The lowest BCUT2D eigenvalue weighted by Crippen LogP contribution is -2.33. The number of likely N-dealkylation sites (tertiary alicyclic amines) is 1. The summed E-state index contributed by atoms with van der Waals surface area (Å²) in [5.74, 6) is -0.252. The molecule has 0 spiro atoms. The summed E-state index contributed by atoms with van der Waals surface area (Å²) in [5, 5.41) is 6.81. The zero-order valence-corrected chi connectivity index (χ0v) is 12.9. The minimum atomic E-state index is -0.303. The number of aromatic amines is 1. The molecule has 0 saturated carbocycles. The second kappa shape index (κ2) is 6.66. The molecule has 2 aliphatic rings. The van der Waals surface area contributed by atoms with Gasteiger partial charge in [0, 0.05) is 19.6 Å². The standard InChI is InChI=1S/C13H18N4O4S/c18-10-4-1-5-16(10)11(19)8-22-13-15-14-12(20)17(13)7-9-3-2-6-21-9/h9H,1-8H2,(H,14,20)/t9-/m0/s1. The van der Waals surface area contributed by atoms with Crippen LogP contribution in [0.5, 0.6) is 0 Å². The highest BCUT2D eigenvalue weighted by molar-refractivity contribution is 7.99. The molecule has 0 radical (unpaired) electrons. The van der Waals surface area contributed by atoms with Crippen molar-refractivity contribution in [3.05, 3.63) is 10.5 Å². The van der Waals surface area contributed by atoms with Gasteiger partial charge in [-0.2, -0.15) is 0 Å². The molecule has 1 aromatic rings. The maximum Gasteiger partial charge on any atom is 0.344 e. The zero-order chi connectivity index (χ0) is 15.5. The molecular weight excluding hydrogens is 308 g/mol. The Kier molecular flexibility index (Phi) is 4.63. The Morgan fingerprint density at radius 2 is 2.27 bits per heavy atom. The van der Waals surface area contributed by atoms with E-state index in [4.69, 9.17) is 4.74 Å². The SMILES string of the molecule is O=C1CCCN1C(=O)CSc1n[nH]c(=O)n1C[C@@H]1CCCO1. The molecule has 9 heteroatoms. The van der Waals surface area contributed by atoms with E-state index in [9.17, 15) is 14.4 Å². The number of imide groups is 1. The first-order chi connectivity index (χ1) is 10.6. The number of amides is 2. The van der Waals surface area contributed by atoms with E-state index in [1.807, 2.05) is 0 Å². The van der Waals surface area contributed by atoms with Crippen molar-refractivity contribution in [2.24, 2.45) is 0 Å². The monoisotopic (exact) mass is 326 g/mol. The molecule has 22 heavy (non-hydrogen) atoms. The average Bonchev–Trinajstić information content (AvgIpc) is 3.22. The summed E-state index contributed by atoms with van der Waals surface area (Å²) in [7, 11) is 0. The van der Waals surface area contributed by atoms with Gasteiger partial charge in [-0.25, -0.2) is 9.89 Å². The highest BCUT2D eigenvalue weighted by Crippen LogP contribution is 2.19. The fourth-order valence-corrected chi connectivity index (χ4v) is 3.51. The minimum absolute atomic E-state index is 0.0190. The molecule has 0 aromatic carbocycles. The Bertz CT molecular complexity index is 620. The second-order valence-electron chi connectivity index (χ2n) is 5.39. The molecule has 0 bridgehead atoms. The van der Waals surface area contributed by atoms with Crippen molar-refractivity contribution >= 4 is 23.6 Å². The molecule has 1 N–H and O–H groups in total. The molecular formula is C13H18N4O4S. The Morgan fingerprint density at radius 3 is 2.95 bits per heavy atom. The van der Waals surface area contributed by atoms with Crippen molar-refractivity contribution in [2.75, 3.05) is 18.9 Å². The van der Waals surface area contributed by atoms with E-state index in [2.05, 4.69) is 10.2 Å². The normalized spacial score (nSPS) is 21.7. The van der Waals surface area contributed by atoms with Crippen molar-refractivity contribution in [1.82, 2.24) is 19.7 Å². The van der Waals surface area contributed by atoms with Gasteiger partial charge in [0.25, 0.3) is 0 Å².